The second-order valence-corrected chi connectivity index (χ2v) is 3.72. The Morgan fingerprint density at radius 3 is 3.12 bits per heavy atom. The van der Waals surface area contributed by atoms with Crippen molar-refractivity contribution in [3.05, 3.63) is 23.4 Å². The van der Waals surface area contributed by atoms with E-state index in [1.54, 1.807) is 12.1 Å². The molecule has 1 saturated heterocycles. The fourth-order valence-electron chi connectivity index (χ4n) is 1.32. The van der Waals surface area contributed by atoms with Gasteiger partial charge in [-0.3, -0.25) is 4.79 Å². The first-order valence-electron chi connectivity index (χ1n) is 4.87. The van der Waals surface area contributed by atoms with Gasteiger partial charge in [0.05, 0.1) is 19.8 Å². The molecule has 0 bridgehead atoms. The van der Waals surface area contributed by atoms with Crippen LogP contribution in [-0.4, -0.2) is 36.8 Å². The number of nitrogens with zero attached hydrogens (tertiary/aromatic N) is 1. The molecule has 0 aliphatic carbocycles. The number of ether oxygens (including phenoxy) is 2. The molecule has 1 aromatic heterocycles. The fourth-order valence-corrected chi connectivity index (χ4v) is 1.48. The number of anilines is 1. The van der Waals surface area contributed by atoms with Crippen LogP contribution in [0.15, 0.2) is 18.3 Å². The van der Waals surface area contributed by atoms with Crippen LogP contribution < -0.4 is 5.32 Å². The van der Waals surface area contributed by atoms with Crippen molar-refractivity contribution in [3.63, 3.8) is 0 Å². The molecule has 16 heavy (non-hydrogen) atoms. The Labute approximate surface area is 97.7 Å². The van der Waals surface area contributed by atoms with Crippen LogP contribution in [-0.2, 0) is 14.3 Å². The standard InChI is InChI=1S/C10H11ClN2O3/c11-7-1-2-12-9(5-7)13-10(14)8-6-15-3-4-16-8/h1-2,5,8H,3-4,6H2,(H,12,13,14). The average Bonchev–Trinajstić information content (AvgIpc) is 2.30. The SMILES string of the molecule is O=C(Nc1cc(Cl)ccn1)C1COCCO1. The summed E-state index contributed by atoms with van der Waals surface area (Å²) in [6.45, 7) is 1.23. The maximum Gasteiger partial charge on any atom is 0.257 e. The first-order chi connectivity index (χ1) is 7.75. The molecule has 1 aromatic rings. The number of carbonyl (C=O) groups excluding carboxylic acids is 1. The van der Waals surface area contributed by atoms with Crippen LogP contribution in [0.4, 0.5) is 5.82 Å². The molecule has 2 rings (SSSR count). The van der Waals surface area contributed by atoms with Gasteiger partial charge in [-0.2, -0.15) is 0 Å². The van der Waals surface area contributed by atoms with Gasteiger partial charge in [-0.25, -0.2) is 4.98 Å². The van der Waals surface area contributed by atoms with Crippen molar-refractivity contribution in [2.75, 3.05) is 25.1 Å². The van der Waals surface area contributed by atoms with Gasteiger partial charge in [0, 0.05) is 11.2 Å². The van der Waals surface area contributed by atoms with E-state index < -0.39 is 6.10 Å². The van der Waals surface area contributed by atoms with Crippen molar-refractivity contribution < 1.29 is 14.3 Å². The van der Waals surface area contributed by atoms with E-state index in [4.69, 9.17) is 21.1 Å². The van der Waals surface area contributed by atoms with Gasteiger partial charge in [0.25, 0.3) is 5.91 Å². The highest BCUT2D eigenvalue weighted by atomic mass is 35.5. The number of aromatic nitrogens is 1. The molecule has 1 aliphatic heterocycles. The summed E-state index contributed by atoms with van der Waals surface area (Å²) in [5.41, 5.74) is 0. The third-order valence-corrected chi connectivity index (χ3v) is 2.32. The number of nitrogens with one attached hydrogen (secondary N) is 1. The normalized spacial score (nSPS) is 20.4. The third-order valence-electron chi connectivity index (χ3n) is 2.08. The summed E-state index contributed by atoms with van der Waals surface area (Å²) in [5.74, 6) is 0.140. The summed E-state index contributed by atoms with van der Waals surface area (Å²) in [6, 6.07) is 3.21. The van der Waals surface area contributed by atoms with E-state index in [0.29, 0.717) is 24.1 Å². The smallest absolute Gasteiger partial charge is 0.257 e. The van der Waals surface area contributed by atoms with E-state index in [9.17, 15) is 4.79 Å². The largest absolute Gasteiger partial charge is 0.376 e. The summed E-state index contributed by atoms with van der Waals surface area (Å²) in [6.07, 6.45) is 0.949. The van der Waals surface area contributed by atoms with Gasteiger partial charge in [0.1, 0.15) is 5.82 Å². The maximum atomic E-state index is 11.7. The molecule has 0 radical (unpaired) electrons. The minimum absolute atomic E-state index is 0.269. The number of hydrogen-bond donors (Lipinski definition) is 1. The molecule has 6 heteroatoms. The maximum absolute atomic E-state index is 11.7. The molecule has 1 fully saturated rings. The molecule has 2 heterocycles. The van der Waals surface area contributed by atoms with Gasteiger partial charge in [0.15, 0.2) is 6.10 Å². The van der Waals surface area contributed by atoms with Crippen molar-refractivity contribution >= 4 is 23.3 Å². The zero-order valence-corrected chi connectivity index (χ0v) is 9.24. The summed E-state index contributed by atoms with van der Waals surface area (Å²) >= 11 is 5.77. The van der Waals surface area contributed by atoms with Crippen LogP contribution in [0.3, 0.4) is 0 Å². The Morgan fingerprint density at radius 2 is 2.44 bits per heavy atom. The lowest BCUT2D eigenvalue weighted by molar-refractivity contribution is -0.142. The third kappa shape index (κ3) is 2.91. The van der Waals surface area contributed by atoms with Crippen molar-refractivity contribution in [1.29, 1.82) is 0 Å². The summed E-state index contributed by atoms with van der Waals surface area (Å²) in [4.78, 5) is 15.6. The lowest BCUT2D eigenvalue weighted by Crippen LogP contribution is -2.39. The highest BCUT2D eigenvalue weighted by Crippen LogP contribution is 2.12. The predicted molar refractivity (Wildman–Crippen MR) is 58.4 cm³/mol. The average molecular weight is 243 g/mol. The molecule has 0 spiro atoms. The molecule has 0 aromatic carbocycles. The molecule has 5 nitrogen and oxygen atoms in total. The van der Waals surface area contributed by atoms with Crippen molar-refractivity contribution in [1.82, 2.24) is 4.98 Å². The molecule has 1 amide bonds. The lowest BCUT2D eigenvalue weighted by Gasteiger charge is -2.21. The van der Waals surface area contributed by atoms with Gasteiger partial charge in [0.2, 0.25) is 0 Å². The summed E-state index contributed by atoms with van der Waals surface area (Å²) in [5, 5.41) is 3.13. The van der Waals surface area contributed by atoms with Crippen molar-refractivity contribution in [2.24, 2.45) is 0 Å². The van der Waals surface area contributed by atoms with Crippen LogP contribution in [0.2, 0.25) is 5.02 Å². The van der Waals surface area contributed by atoms with Crippen LogP contribution in [0, 0.1) is 0 Å². The summed E-state index contributed by atoms with van der Waals surface area (Å²) in [7, 11) is 0. The Kier molecular flexibility index (Phi) is 3.71. The molecule has 0 saturated carbocycles. The van der Waals surface area contributed by atoms with E-state index in [1.165, 1.54) is 6.20 Å². The quantitative estimate of drug-likeness (QED) is 0.843. The lowest BCUT2D eigenvalue weighted by atomic mass is 10.3. The molecular weight excluding hydrogens is 232 g/mol. The Bertz CT molecular complexity index is 380. The topological polar surface area (TPSA) is 60.5 Å². The molecule has 1 unspecified atom stereocenters. The van der Waals surface area contributed by atoms with E-state index in [0.717, 1.165) is 0 Å². The van der Waals surface area contributed by atoms with E-state index >= 15 is 0 Å². The second-order valence-electron chi connectivity index (χ2n) is 3.28. The van der Waals surface area contributed by atoms with Crippen molar-refractivity contribution in [3.8, 4) is 0 Å². The van der Waals surface area contributed by atoms with Gasteiger partial charge in [-0.1, -0.05) is 11.6 Å². The molecular formula is C10H11ClN2O3. The van der Waals surface area contributed by atoms with Crippen LogP contribution in [0.25, 0.3) is 0 Å². The predicted octanol–water partition coefficient (Wildman–Crippen LogP) is 1.09. The van der Waals surface area contributed by atoms with E-state index in [-0.39, 0.29) is 12.5 Å². The van der Waals surface area contributed by atoms with Gasteiger partial charge in [-0.15, -0.1) is 0 Å². The van der Waals surface area contributed by atoms with Crippen LogP contribution in [0.1, 0.15) is 0 Å². The highest BCUT2D eigenvalue weighted by molar-refractivity contribution is 6.30. The van der Waals surface area contributed by atoms with Gasteiger partial charge in [-0.05, 0) is 12.1 Å². The number of amides is 1. The fraction of sp³-hybridized carbons (Fsp3) is 0.400. The monoisotopic (exact) mass is 242 g/mol. The molecule has 86 valence electrons. The Hall–Kier alpha value is -1.17. The minimum Gasteiger partial charge on any atom is -0.376 e. The molecule has 1 N–H and O–H groups in total. The molecule has 1 aliphatic rings. The van der Waals surface area contributed by atoms with Crippen LogP contribution >= 0.6 is 11.6 Å². The number of hydrogen-bond acceptors (Lipinski definition) is 4. The Morgan fingerprint density at radius 1 is 1.56 bits per heavy atom. The van der Waals surface area contributed by atoms with Crippen LogP contribution in [0.5, 0.6) is 0 Å². The first kappa shape index (κ1) is 11.3. The zero-order valence-electron chi connectivity index (χ0n) is 8.48. The highest BCUT2D eigenvalue weighted by Gasteiger charge is 2.22. The number of pyridine rings is 1. The zero-order chi connectivity index (χ0) is 11.4. The number of carbonyl (C=O) groups is 1. The molecule has 1 atom stereocenters. The number of rotatable bonds is 2. The Balaban J connectivity index is 1.96. The minimum atomic E-state index is -0.575. The van der Waals surface area contributed by atoms with E-state index in [1.807, 2.05) is 0 Å². The first-order valence-corrected chi connectivity index (χ1v) is 5.25. The number of halogens is 1. The van der Waals surface area contributed by atoms with Crippen molar-refractivity contribution in [2.45, 2.75) is 6.10 Å². The van der Waals surface area contributed by atoms with Gasteiger partial charge < -0.3 is 14.8 Å². The summed E-state index contributed by atoms with van der Waals surface area (Å²) < 4.78 is 10.4. The van der Waals surface area contributed by atoms with Gasteiger partial charge >= 0.3 is 0 Å². The van der Waals surface area contributed by atoms with E-state index in [2.05, 4.69) is 10.3 Å². The second kappa shape index (κ2) is 5.25.